The first-order chi connectivity index (χ1) is 10.9. The lowest BCUT2D eigenvalue weighted by molar-refractivity contribution is 0.0600. The van der Waals surface area contributed by atoms with Crippen LogP contribution in [0.2, 0.25) is 5.02 Å². The lowest BCUT2D eigenvalue weighted by Gasteiger charge is -2.18. The van der Waals surface area contributed by atoms with E-state index in [1.54, 1.807) is 24.3 Å². The van der Waals surface area contributed by atoms with Crippen molar-refractivity contribution < 1.29 is 17.9 Å². The number of rotatable bonds is 5. The Morgan fingerprint density at radius 2 is 1.74 bits per heavy atom. The molecular formula is C16H16ClNO4S. The van der Waals surface area contributed by atoms with Gasteiger partial charge in [-0.3, -0.25) is 0 Å². The molecule has 0 aliphatic rings. The zero-order valence-electron chi connectivity index (χ0n) is 12.7. The summed E-state index contributed by atoms with van der Waals surface area (Å²) in [5, 5.41) is 0.510. The van der Waals surface area contributed by atoms with E-state index in [0.717, 1.165) is 0 Å². The van der Waals surface area contributed by atoms with Crippen LogP contribution >= 0.6 is 11.6 Å². The van der Waals surface area contributed by atoms with Gasteiger partial charge in [-0.2, -0.15) is 4.31 Å². The van der Waals surface area contributed by atoms with Crippen LogP contribution in [-0.2, 0) is 21.3 Å². The minimum atomic E-state index is -3.68. The van der Waals surface area contributed by atoms with Crippen LogP contribution in [0.15, 0.2) is 53.4 Å². The summed E-state index contributed by atoms with van der Waals surface area (Å²) in [6.07, 6.45) is 0. The van der Waals surface area contributed by atoms with Crippen LogP contribution in [0.3, 0.4) is 0 Å². The Bertz CT molecular complexity index is 803. The summed E-state index contributed by atoms with van der Waals surface area (Å²) in [4.78, 5) is 11.5. The number of ether oxygens (including phenoxy) is 1. The molecule has 0 amide bonds. The fraction of sp³-hybridized carbons (Fsp3) is 0.188. The van der Waals surface area contributed by atoms with Crippen molar-refractivity contribution in [3.05, 3.63) is 64.7 Å². The molecule has 0 heterocycles. The highest BCUT2D eigenvalue weighted by molar-refractivity contribution is 7.89. The van der Waals surface area contributed by atoms with Gasteiger partial charge in [0.1, 0.15) is 0 Å². The molecule has 0 atom stereocenters. The lowest BCUT2D eigenvalue weighted by Crippen LogP contribution is -2.26. The van der Waals surface area contributed by atoms with Crippen LogP contribution in [0.5, 0.6) is 0 Å². The molecule has 0 aliphatic heterocycles. The van der Waals surface area contributed by atoms with Gasteiger partial charge in [0.2, 0.25) is 10.0 Å². The maximum atomic E-state index is 12.6. The molecule has 0 saturated carbocycles. The number of hydrogen-bond acceptors (Lipinski definition) is 4. The Labute approximate surface area is 140 Å². The predicted octanol–water partition coefficient (Wildman–Crippen LogP) is 2.95. The molecule has 2 aromatic carbocycles. The summed E-state index contributed by atoms with van der Waals surface area (Å²) in [7, 11) is -0.933. The van der Waals surface area contributed by atoms with Gasteiger partial charge in [0.05, 0.1) is 17.6 Å². The van der Waals surface area contributed by atoms with Crippen molar-refractivity contribution in [2.24, 2.45) is 0 Å². The summed E-state index contributed by atoms with van der Waals surface area (Å²) >= 11 is 6.06. The molecule has 5 nitrogen and oxygen atoms in total. The molecule has 0 N–H and O–H groups in total. The van der Waals surface area contributed by atoms with E-state index in [0.29, 0.717) is 16.1 Å². The molecule has 23 heavy (non-hydrogen) atoms. The first kappa shape index (κ1) is 17.5. The highest BCUT2D eigenvalue weighted by atomic mass is 35.5. The van der Waals surface area contributed by atoms with Gasteiger partial charge in [-0.25, -0.2) is 13.2 Å². The molecular weight excluding hydrogens is 338 g/mol. The lowest BCUT2D eigenvalue weighted by atomic mass is 10.2. The van der Waals surface area contributed by atoms with Crippen LogP contribution in [0, 0.1) is 0 Å². The van der Waals surface area contributed by atoms with Crippen molar-refractivity contribution in [2.45, 2.75) is 11.4 Å². The minimum Gasteiger partial charge on any atom is -0.465 e. The third kappa shape index (κ3) is 3.90. The van der Waals surface area contributed by atoms with E-state index in [-0.39, 0.29) is 11.4 Å². The fourth-order valence-corrected chi connectivity index (χ4v) is 3.36. The van der Waals surface area contributed by atoms with E-state index in [1.165, 1.54) is 42.7 Å². The number of nitrogens with zero attached hydrogens (tertiary/aromatic N) is 1. The first-order valence-electron chi connectivity index (χ1n) is 6.74. The SMILES string of the molecule is COC(=O)c1ccc(S(=O)(=O)N(C)Cc2ccccc2Cl)cc1. The van der Waals surface area contributed by atoms with Gasteiger partial charge >= 0.3 is 5.97 Å². The molecule has 0 bridgehead atoms. The molecule has 122 valence electrons. The average Bonchev–Trinajstić information content (AvgIpc) is 2.56. The van der Waals surface area contributed by atoms with Gasteiger partial charge in [-0.1, -0.05) is 29.8 Å². The number of esters is 1. The van der Waals surface area contributed by atoms with Crippen LogP contribution in [0.1, 0.15) is 15.9 Å². The normalized spacial score (nSPS) is 11.5. The van der Waals surface area contributed by atoms with E-state index in [2.05, 4.69) is 4.74 Å². The largest absolute Gasteiger partial charge is 0.465 e. The third-order valence-electron chi connectivity index (χ3n) is 3.33. The molecule has 0 radical (unpaired) electrons. The highest BCUT2D eigenvalue weighted by Crippen LogP contribution is 2.21. The number of halogens is 1. The Hall–Kier alpha value is -1.89. The van der Waals surface area contributed by atoms with Gasteiger partial charge in [-0.05, 0) is 35.9 Å². The van der Waals surface area contributed by atoms with Crippen molar-refractivity contribution in [3.8, 4) is 0 Å². The first-order valence-corrected chi connectivity index (χ1v) is 8.56. The standard InChI is InChI=1S/C16H16ClNO4S/c1-18(11-13-5-3-4-6-15(13)17)23(20,21)14-9-7-12(8-10-14)16(19)22-2/h3-10H,11H2,1-2H3. The summed E-state index contributed by atoms with van der Waals surface area (Å²) in [5.41, 5.74) is 1.01. The predicted molar refractivity (Wildman–Crippen MR) is 87.9 cm³/mol. The average molecular weight is 354 g/mol. The van der Waals surface area contributed by atoms with Crippen molar-refractivity contribution in [3.63, 3.8) is 0 Å². The van der Waals surface area contributed by atoms with Gasteiger partial charge < -0.3 is 4.74 Å². The third-order valence-corrected chi connectivity index (χ3v) is 5.52. The number of benzene rings is 2. The van der Waals surface area contributed by atoms with Crippen molar-refractivity contribution in [1.82, 2.24) is 4.31 Å². The maximum absolute atomic E-state index is 12.6. The molecule has 2 aromatic rings. The van der Waals surface area contributed by atoms with E-state index in [4.69, 9.17) is 11.6 Å². The maximum Gasteiger partial charge on any atom is 0.337 e. The molecule has 0 saturated heterocycles. The summed E-state index contributed by atoms with van der Waals surface area (Å²) in [6.45, 7) is 0.154. The molecule has 0 spiro atoms. The highest BCUT2D eigenvalue weighted by Gasteiger charge is 2.22. The van der Waals surface area contributed by atoms with Crippen molar-refractivity contribution in [1.29, 1.82) is 0 Å². The second-order valence-corrected chi connectivity index (χ2v) is 7.32. The molecule has 0 aromatic heterocycles. The molecule has 0 fully saturated rings. The van der Waals surface area contributed by atoms with Gasteiger partial charge in [-0.15, -0.1) is 0 Å². The number of hydrogen-bond donors (Lipinski definition) is 0. The Balaban J connectivity index is 2.23. The molecule has 0 unspecified atom stereocenters. The summed E-state index contributed by atoms with van der Waals surface area (Å²) < 4.78 is 30.9. The summed E-state index contributed by atoms with van der Waals surface area (Å²) in [5.74, 6) is -0.515. The van der Waals surface area contributed by atoms with Gasteiger partial charge in [0.25, 0.3) is 0 Å². The fourth-order valence-electron chi connectivity index (χ4n) is 2.01. The summed E-state index contributed by atoms with van der Waals surface area (Å²) in [6, 6.07) is 12.7. The monoisotopic (exact) mass is 353 g/mol. The van der Waals surface area contributed by atoms with Crippen LogP contribution in [0.4, 0.5) is 0 Å². The Kier molecular flexibility index (Phi) is 5.41. The van der Waals surface area contributed by atoms with Gasteiger partial charge in [0, 0.05) is 18.6 Å². The number of carbonyl (C=O) groups excluding carboxylic acids is 1. The van der Waals surface area contributed by atoms with Crippen molar-refractivity contribution in [2.75, 3.05) is 14.2 Å². The van der Waals surface area contributed by atoms with Gasteiger partial charge in [0.15, 0.2) is 0 Å². The molecule has 2 rings (SSSR count). The van der Waals surface area contributed by atoms with E-state index >= 15 is 0 Å². The van der Waals surface area contributed by atoms with E-state index < -0.39 is 16.0 Å². The number of carbonyl (C=O) groups is 1. The number of sulfonamides is 1. The molecule has 0 aliphatic carbocycles. The zero-order valence-corrected chi connectivity index (χ0v) is 14.3. The zero-order chi connectivity index (χ0) is 17.0. The van der Waals surface area contributed by atoms with Crippen molar-refractivity contribution >= 4 is 27.6 Å². The van der Waals surface area contributed by atoms with Crippen LogP contribution < -0.4 is 0 Å². The van der Waals surface area contributed by atoms with E-state index in [1.807, 2.05) is 0 Å². The topological polar surface area (TPSA) is 63.7 Å². The van der Waals surface area contributed by atoms with E-state index in [9.17, 15) is 13.2 Å². The Morgan fingerprint density at radius 1 is 1.13 bits per heavy atom. The van der Waals surface area contributed by atoms with Crippen LogP contribution in [-0.4, -0.2) is 32.8 Å². The second-order valence-electron chi connectivity index (χ2n) is 4.87. The quantitative estimate of drug-likeness (QED) is 0.775. The van der Waals surface area contributed by atoms with Crippen LogP contribution in [0.25, 0.3) is 0 Å². The smallest absolute Gasteiger partial charge is 0.337 e. The Morgan fingerprint density at radius 3 is 2.30 bits per heavy atom. The number of methoxy groups -OCH3 is 1. The second kappa shape index (κ2) is 7.12. The minimum absolute atomic E-state index is 0.0970. The molecule has 7 heteroatoms.